The van der Waals surface area contributed by atoms with E-state index in [-0.39, 0.29) is 0 Å². The van der Waals surface area contributed by atoms with Gasteiger partial charge in [-0.2, -0.15) is 13.2 Å². The van der Waals surface area contributed by atoms with E-state index in [4.69, 9.17) is 4.98 Å². The summed E-state index contributed by atoms with van der Waals surface area (Å²) >= 11 is 0. The molecule has 2 nitrogen and oxygen atoms in total. The molecule has 0 spiro atoms. The Morgan fingerprint density at radius 3 is 1.97 bits per heavy atom. The van der Waals surface area contributed by atoms with Crippen LogP contribution in [0.4, 0.5) is 13.2 Å². The Morgan fingerprint density at radius 2 is 1.28 bits per heavy atom. The van der Waals surface area contributed by atoms with Crippen molar-refractivity contribution in [3.8, 4) is 33.8 Å². The Balaban J connectivity index is 1.73. The monoisotopic (exact) mass is 390 g/mol. The number of hydrogen-bond donors (Lipinski definition) is 0. The van der Waals surface area contributed by atoms with Crippen LogP contribution in [0.3, 0.4) is 0 Å². The molecule has 5 heteroatoms. The molecule has 4 aromatic rings. The van der Waals surface area contributed by atoms with Crippen molar-refractivity contribution in [1.29, 1.82) is 0 Å². The first-order valence-corrected chi connectivity index (χ1v) is 9.09. The van der Waals surface area contributed by atoms with Gasteiger partial charge in [-0.3, -0.25) is 4.98 Å². The fourth-order valence-electron chi connectivity index (χ4n) is 3.17. The van der Waals surface area contributed by atoms with Crippen molar-refractivity contribution in [1.82, 2.24) is 9.97 Å². The normalized spacial score (nSPS) is 11.4. The topological polar surface area (TPSA) is 25.8 Å². The highest BCUT2D eigenvalue weighted by atomic mass is 19.4. The maximum Gasteiger partial charge on any atom is 0.416 e. The van der Waals surface area contributed by atoms with Crippen LogP contribution in [0.5, 0.6) is 0 Å². The fraction of sp³-hybridized carbons (Fsp3) is 0.0833. The molecule has 0 atom stereocenters. The van der Waals surface area contributed by atoms with Crippen LogP contribution in [-0.2, 0) is 6.18 Å². The maximum absolute atomic E-state index is 12.8. The van der Waals surface area contributed by atoms with Crippen molar-refractivity contribution in [3.63, 3.8) is 0 Å². The number of hydrogen-bond acceptors (Lipinski definition) is 2. The first-order valence-electron chi connectivity index (χ1n) is 9.09. The van der Waals surface area contributed by atoms with Crippen LogP contribution < -0.4 is 0 Å². The van der Waals surface area contributed by atoms with Crippen molar-refractivity contribution in [2.24, 2.45) is 0 Å². The summed E-state index contributed by atoms with van der Waals surface area (Å²) in [6, 6.07) is 24.4. The predicted molar refractivity (Wildman–Crippen MR) is 108 cm³/mol. The molecule has 0 aliphatic carbocycles. The van der Waals surface area contributed by atoms with Crippen LogP contribution in [0.2, 0.25) is 0 Å². The lowest BCUT2D eigenvalue weighted by molar-refractivity contribution is -0.137. The minimum atomic E-state index is -4.35. The molecule has 0 saturated carbocycles. The summed E-state index contributed by atoms with van der Waals surface area (Å²) in [4.78, 5) is 9.30. The summed E-state index contributed by atoms with van der Waals surface area (Å²) in [5.41, 5.74) is 4.83. The minimum absolute atomic E-state index is 0.663. The summed E-state index contributed by atoms with van der Waals surface area (Å²) in [6.07, 6.45) is -4.35. The van der Waals surface area contributed by atoms with Crippen LogP contribution in [0, 0.1) is 6.92 Å². The highest BCUT2D eigenvalue weighted by molar-refractivity contribution is 5.71. The second-order valence-electron chi connectivity index (χ2n) is 6.73. The van der Waals surface area contributed by atoms with Gasteiger partial charge in [0, 0.05) is 11.3 Å². The number of benzene rings is 2. The number of halogens is 3. The third-order valence-electron chi connectivity index (χ3n) is 4.58. The van der Waals surface area contributed by atoms with Crippen LogP contribution in [0.25, 0.3) is 33.8 Å². The molecule has 2 aromatic heterocycles. The average molecular weight is 390 g/mol. The van der Waals surface area contributed by atoms with Crippen LogP contribution in [-0.4, -0.2) is 9.97 Å². The van der Waals surface area contributed by atoms with Gasteiger partial charge in [-0.25, -0.2) is 4.98 Å². The lowest BCUT2D eigenvalue weighted by atomic mass is 10.0. The summed E-state index contributed by atoms with van der Waals surface area (Å²) in [5, 5.41) is 0. The Labute approximate surface area is 166 Å². The number of aryl methyl sites for hydroxylation is 1. The van der Waals surface area contributed by atoms with Crippen molar-refractivity contribution < 1.29 is 13.2 Å². The molecular weight excluding hydrogens is 373 g/mol. The molecule has 0 N–H and O–H groups in total. The average Bonchev–Trinajstić information content (AvgIpc) is 2.73. The molecule has 0 amide bonds. The molecule has 0 aliphatic rings. The molecule has 2 heterocycles. The molecule has 144 valence electrons. The van der Waals surface area contributed by atoms with E-state index in [1.165, 1.54) is 12.1 Å². The molecule has 0 unspecified atom stereocenters. The molecule has 4 rings (SSSR count). The Morgan fingerprint density at radius 1 is 0.586 bits per heavy atom. The van der Waals surface area contributed by atoms with E-state index >= 15 is 0 Å². The zero-order valence-electron chi connectivity index (χ0n) is 15.6. The van der Waals surface area contributed by atoms with Crippen molar-refractivity contribution in [2.75, 3.05) is 0 Å². The molecular formula is C24H17F3N2. The van der Waals surface area contributed by atoms with Crippen LogP contribution >= 0.6 is 0 Å². The third kappa shape index (κ3) is 4.19. The van der Waals surface area contributed by atoms with E-state index < -0.39 is 11.7 Å². The van der Waals surface area contributed by atoms with Crippen LogP contribution in [0.1, 0.15) is 11.3 Å². The second-order valence-corrected chi connectivity index (χ2v) is 6.73. The van der Waals surface area contributed by atoms with E-state index in [2.05, 4.69) is 4.98 Å². The molecule has 0 radical (unpaired) electrons. The molecule has 2 aromatic carbocycles. The maximum atomic E-state index is 12.8. The van der Waals surface area contributed by atoms with Crippen molar-refractivity contribution in [2.45, 2.75) is 13.1 Å². The van der Waals surface area contributed by atoms with Gasteiger partial charge < -0.3 is 0 Å². The van der Waals surface area contributed by atoms with Gasteiger partial charge in [0.2, 0.25) is 0 Å². The fourth-order valence-corrected chi connectivity index (χ4v) is 3.17. The van der Waals surface area contributed by atoms with E-state index in [0.29, 0.717) is 17.0 Å². The molecule has 0 bridgehead atoms. The van der Waals surface area contributed by atoms with E-state index in [0.717, 1.165) is 34.6 Å². The van der Waals surface area contributed by atoms with Gasteiger partial charge in [0.05, 0.1) is 22.6 Å². The Kier molecular flexibility index (Phi) is 4.89. The quantitative estimate of drug-likeness (QED) is 0.384. The van der Waals surface area contributed by atoms with Crippen molar-refractivity contribution in [3.05, 3.63) is 96.2 Å². The van der Waals surface area contributed by atoms with Gasteiger partial charge in [0.15, 0.2) is 0 Å². The summed E-state index contributed by atoms with van der Waals surface area (Å²) < 4.78 is 38.5. The smallest absolute Gasteiger partial charge is 0.251 e. The molecule has 0 saturated heterocycles. The Hall–Kier alpha value is -3.47. The van der Waals surface area contributed by atoms with Gasteiger partial charge in [0.1, 0.15) is 0 Å². The van der Waals surface area contributed by atoms with E-state index in [1.54, 1.807) is 0 Å². The number of nitrogens with zero attached hydrogens (tertiary/aromatic N) is 2. The first-order chi connectivity index (χ1) is 13.9. The second kappa shape index (κ2) is 7.51. The minimum Gasteiger partial charge on any atom is -0.251 e. The lowest BCUT2D eigenvalue weighted by Gasteiger charge is -2.10. The number of pyridine rings is 2. The number of rotatable bonds is 3. The summed E-state index contributed by atoms with van der Waals surface area (Å²) in [5.74, 6) is 0. The van der Waals surface area contributed by atoms with Crippen LogP contribution in [0.15, 0.2) is 84.9 Å². The number of aromatic nitrogens is 2. The Bertz CT molecular complexity index is 1130. The summed E-state index contributed by atoms with van der Waals surface area (Å²) in [6.45, 7) is 1.86. The molecule has 29 heavy (non-hydrogen) atoms. The lowest BCUT2D eigenvalue weighted by Crippen LogP contribution is -2.04. The standard InChI is InChI=1S/C24H17F3N2/c1-16-14-19(17-10-12-20(13-11-17)24(25,26)27)15-23(28-16)22-9-5-8-21(29-22)18-6-3-2-4-7-18/h2-15H,1H3. The van der Waals surface area contributed by atoms with E-state index in [1.807, 2.05) is 67.6 Å². The summed E-state index contributed by atoms with van der Waals surface area (Å²) in [7, 11) is 0. The first kappa shape index (κ1) is 18.9. The highest BCUT2D eigenvalue weighted by Gasteiger charge is 2.30. The highest BCUT2D eigenvalue weighted by Crippen LogP contribution is 2.32. The van der Waals surface area contributed by atoms with Gasteiger partial charge in [-0.05, 0) is 54.4 Å². The SMILES string of the molecule is Cc1cc(-c2ccc(C(F)(F)F)cc2)cc(-c2cccc(-c3ccccc3)n2)n1. The molecule has 0 fully saturated rings. The van der Waals surface area contributed by atoms with Gasteiger partial charge in [-0.15, -0.1) is 0 Å². The van der Waals surface area contributed by atoms with Gasteiger partial charge in [0.25, 0.3) is 0 Å². The molecule has 0 aliphatic heterocycles. The van der Waals surface area contributed by atoms with Crippen molar-refractivity contribution >= 4 is 0 Å². The zero-order valence-corrected chi connectivity index (χ0v) is 15.6. The predicted octanol–water partition coefficient (Wildman–Crippen LogP) is 6.80. The van der Waals surface area contributed by atoms with Gasteiger partial charge >= 0.3 is 6.18 Å². The number of alkyl halides is 3. The largest absolute Gasteiger partial charge is 0.416 e. The third-order valence-corrected chi connectivity index (χ3v) is 4.58. The van der Waals surface area contributed by atoms with Gasteiger partial charge in [-0.1, -0.05) is 48.5 Å². The van der Waals surface area contributed by atoms with E-state index in [9.17, 15) is 13.2 Å². The zero-order chi connectivity index (χ0) is 20.4.